The number of ether oxygens (including phenoxy) is 3. The summed E-state index contributed by atoms with van der Waals surface area (Å²) in [6.45, 7) is 22.3. The van der Waals surface area contributed by atoms with Crippen molar-refractivity contribution in [1.82, 2.24) is 4.90 Å². The molecule has 2 saturated carbocycles. The first-order valence-corrected chi connectivity index (χ1v) is 20.1. The average molecular weight is 772 g/mol. The van der Waals surface area contributed by atoms with E-state index >= 15 is 0 Å². The molecule has 1 aliphatic heterocycles. The summed E-state index contributed by atoms with van der Waals surface area (Å²) in [5.41, 5.74) is 5.12. The van der Waals surface area contributed by atoms with E-state index in [4.69, 9.17) is 14.2 Å². The molecule has 0 spiro atoms. The van der Waals surface area contributed by atoms with Gasteiger partial charge in [0.15, 0.2) is 5.78 Å². The van der Waals surface area contributed by atoms with Gasteiger partial charge in [0.2, 0.25) is 0 Å². The lowest BCUT2D eigenvalue weighted by molar-refractivity contribution is -0.154. The third-order valence-electron chi connectivity index (χ3n) is 11.4. The molecule has 8 heteroatoms. The second kappa shape index (κ2) is 19.1. The molecule has 8 nitrogen and oxygen atoms in total. The van der Waals surface area contributed by atoms with Crippen LogP contribution >= 0.6 is 0 Å². The maximum atomic E-state index is 13.4. The zero-order valence-corrected chi connectivity index (χ0v) is 36.5. The van der Waals surface area contributed by atoms with Gasteiger partial charge in [-0.05, 0) is 104 Å². The number of hydrogen-bond acceptors (Lipinski definition) is 8. The Bertz CT molecular complexity index is 1730. The van der Waals surface area contributed by atoms with Crippen LogP contribution in [0.25, 0.3) is 0 Å². The normalized spacial score (nSPS) is 29.4. The highest BCUT2D eigenvalue weighted by molar-refractivity contribution is 5.96. The first-order chi connectivity index (χ1) is 25.9. The summed E-state index contributed by atoms with van der Waals surface area (Å²) < 4.78 is 17.7. The van der Waals surface area contributed by atoms with Crippen LogP contribution in [-0.2, 0) is 28.6 Å². The molecule has 5 atom stereocenters. The average Bonchev–Trinajstić information content (AvgIpc) is 3.66. The summed E-state index contributed by atoms with van der Waals surface area (Å²) in [7, 11) is 3.99. The van der Waals surface area contributed by atoms with Crippen molar-refractivity contribution in [2.75, 3.05) is 20.6 Å². The molecular formula is C48H69NO7. The third-order valence-corrected chi connectivity index (χ3v) is 11.4. The van der Waals surface area contributed by atoms with Crippen LogP contribution in [0.5, 0.6) is 0 Å². The number of ketones is 1. The van der Waals surface area contributed by atoms with Crippen LogP contribution < -0.4 is 0 Å². The predicted molar refractivity (Wildman–Crippen MR) is 226 cm³/mol. The molecule has 1 heterocycles. The Morgan fingerprint density at radius 2 is 1.36 bits per heavy atom. The summed E-state index contributed by atoms with van der Waals surface area (Å²) >= 11 is 0. The molecule has 0 bridgehead atoms. The van der Waals surface area contributed by atoms with Gasteiger partial charge in [0.1, 0.15) is 17.8 Å². The Morgan fingerprint density at radius 3 is 1.91 bits per heavy atom. The standard InChI is InChI=1S/C48H69NO7/c1-34(21-16-22-36(3)26-27-42-44(6,7)29-39(54-38(5)50)31-46(42,10)53)19-14-15-20-35(2)23-17-24-37(4)41(51)33-48-45(8,9)30-40(32-47(48,11)56-48)55-43(52)25-18-28-49(12)13/h14-17,19-24,26,39-40,53H,18,25,28-33H2,1-13H3/b15-14+,21-16+,23-17+,34-19+,35-20+,36-22+,37-24+/t27?,39?,40?,46-,47?,48?/m1/s1. The molecule has 0 aromatic carbocycles. The first-order valence-electron chi connectivity index (χ1n) is 20.1. The molecular weight excluding hydrogens is 703 g/mol. The molecule has 0 aromatic heterocycles. The van der Waals surface area contributed by atoms with E-state index in [0.717, 1.165) is 35.3 Å². The molecule has 3 fully saturated rings. The van der Waals surface area contributed by atoms with Gasteiger partial charge in [-0.25, -0.2) is 0 Å². The van der Waals surface area contributed by atoms with Gasteiger partial charge in [-0.3, -0.25) is 14.4 Å². The Labute approximate surface area is 337 Å². The van der Waals surface area contributed by atoms with Crippen molar-refractivity contribution in [3.8, 4) is 0 Å². The van der Waals surface area contributed by atoms with Gasteiger partial charge in [0.25, 0.3) is 0 Å². The van der Waals surface area contributed by atoms with E-state index in [0.29, 0.717) is 44.1 Å². The molecule has 4 unspecified atom stereocenters. The molecule has 2 aliphatic carbocycles. The Morgan fingerprint density at radius 1 is 0.786 bits per heavy atom. The molecule has 3 aliphatic rings. The summed E-state index contributed by atoms with van der Waals surface area (Å²) in [6, 6.07) is 0. The molecule has 0 aromatic rings. The molecule has 56 heavy (non-hydrogen) atoms. The van der Waals surface area contributed by atoms with E-state index in [9.17, 15) is 19.5 Å². The van der Waals surface area contributed by atoms with E-state index in [1.807, 2.05) is 122 Å². The van der Waals surface area contributed by atoms with E-state index in [2.05, 4.69) is 31.4 Å². The lowest BCUT2D eigenvalue weighted by Gasteiger charge is -2.44. The maximum Gasteiger partial charge on any atom is 0.306 e. The number of carbonyl (C=O) groups excluding carboxylic acids is 3. The van der Waals surface area contributed by atoms with Gasteiger partial charge in [-0.2, -0.15) is 0 Å². The summed E-state index contributed by atoms with van der Waals surface area (Å²) in [4.78, 5) is 39.5. The lowest BCUT2D eigenvalue weighted by atomic mass is 9.61. The Kier molecular flexibility index (Phi) is 15.9. The van der Waals surface area contributed by atoms with Crippen LogP contribution in [0.15, 0.2) is 100 Å². The minimum atomic E-state index is -1.11. The number of esters is 2. The van der Waals surface area contributed by atoms with Crippen LogP contribution in [0.3, 0.4) is 0 Å². The van der Waals surface area contributed by atoms with Crippen molar-refractivity contribution in [3.05, 3.63) is 100 Å². The highest BCUT2D eigenvalue weighted by atomic mass is 16.6. The van der Waals surface area contributed by atoms with E-state index < -0.39 is 16.8 Å². The predicted octanol–water partition coefficient (Wildman–Crippen LogP) is 9.58. The van der Waals surface area contributed by atoms with Crippen molar-refractivity contribution >= 4 is 17.7 Å². The number of nitrogens with zero attached hydrogens (tertiary/aromatic N) is 1. The number of carbonyl (C=O) groups is 3. The van der Waals surface area contributed by atoms with Crippen LogP contribution in [0.1, 0.15) is 121 Å². The van der Waals surface area contributed by atoms with Gasteiger partial charge < -0.3 is 24.2 Å². The fourth-order valence-corrected chi connectivity index (χ4v) is 8.59. The van der Waals surface area contributed by atoms with E-state index in [-0.39, 0.29) is 40.8 Å². The van der Waals surface area contributed by atoms with Gasteiger partial charge in [-0.15, -0.1) is 5.73 Å². The highest BCUT2D eigenvalue weighted by Gasteiger charge is 2.76. The number of allylic oxidation sites excluding steroid dienone is 14. The number of aliphatic hydroxyl groups is 1. The van der Waals surface area contributed by atoms with Crippen molar-refractivity contribution in [2.24, 2.45) is 10.8 Å². The summed E-state index contributed by atoms with van der Waals surface area (Å²) in [6.07, 6.45) is 24.9. The zero-order valence-electron chi connectivity index (χ0n) is 36.5. The topological polar surface area (TPSA) is 106 Å². The number of hydrogen-bond donors (Lipinski definition) is 1. The fraction of sp³-hybridized carbons (Fsp3) is 0.583. The largest absolute Gasteiger partial charge is 0.462 e. The van der Waals surface area contributed by atoms with Gasteiger partial charge in [0, 0.05) is 43.6 Å². The minimum Gasteiger partial charge on any atom is -0.462 e. The number of Topliss-reactive ketones (excluding diaryl/α,β-unsaturated/α-hetero) is 1. The van der Waals surface area contributed by atoms with E-state index in [1.54, 1.807) is 6.92 Å². The number of rotatable bonds is 16. The quantitative estimate of drug-likeness (QED) is 0.0544. The minimum absolute atomic E-state index is 0.0656. The lowest BCUT2D eigenvalue weighted by Crippen LogP contribution is -2.49. The second-order valence-corrected chi connectivity index (χ2v) is 18.2. The SMILES string of the molecule is CC(=O)OC1CC(C)(C)C(=C=C/C(C)=C/C=C/C(C)=C/C=C/C=C(C)/C=C/C=C(\C)C(=O)CC23OC2(C)CC(OC(=O)CCCN(C)C)CC3(C)C)[C@](C)(O)C1. The molecule has 3 rings (SSSR count). The molecule has 0 amide bonds. The van der Waals surface area contributed by atoms with Crippen LogP contribution in [0.4, 0.5) is 0 Å². The monoisotopic (exact) mass is 772 g/mol. The highest BCUT2D eigenvalue weighted by Crippen LogP contribution is 2.67. The van der Waals surface area contributed by atoms with Crippen LogP contribution in [0, 0.1) is 10.8 Å². The zero-order chi connectivity index (χ0) is 42.1. The van der Waals surface area contributed by atoms with E-state index in [1.165, 1.54) is 6.92 Å². The molecule has 308 valence electrons. The van der Waals surface area contributed by atoms with Gasteiger partial charge in [0.05, 0.1) is 11.2 Å². The molecule has 1 N–H and O–H groups in total. The fourth-order valence-electron chi connectivity index (χ4n) is 8.59. The van der Waals surface area contributed by atoms with Gasteiger partial charge >= 0.3 is 11.9 Å². The summed E-state index contributed by atoms with van der Waals surface area (Å²) in [5, 5.41) is 11.2. The maximum absolute atomic E-state index is 13.4. The Balaban J connectivity index is 1.52. The van der Waals surface area contributed by atoms with Crippen molar-refractivity contribution in [2.45, 2.75) is 150 Å². The van der Waals surface area contributed by atoms with Gasteiger partial charge in [-0.1, -0.05) is 99.6 Å². The second-order valence-electron chi connectivity index (χ2n) is 18.2. The van der Waals surface area contributed by atoms with Crippen molar-refractivity contribution in [3.63, 3.8) is 0 Å². The molecule has 0 radical (unpaired) electrons. The number of epoxide rings is 1. The first kappa shape index (κ1) is 46.6. The van der Waals surface area contributed by atoms with Crippen LogP contribution in [-0.4, -0.2) is 77.4 Å². The summed E-state index contributed by atoms with van der Waals surface area (Å²) in [5.74, 6) is -0.426. The Hall–Kier alpha value is -3.81. The van der Waals surface area contributed by atoms with Crippen molar-refractivity contribution < 1.29 is 33.7 Å². The number of fused-ring (bicyclic) bond motifs is 1. The smallest absolute Gasteiger partial charge is 0.306 e. The molecule has 1 saturated heterocycles. The van der Waals surface area contributed by atoms with Crippen molar-refractivity contribution in [1.29, 1.82) is 0 Å². The third kappa shape index (κ3) is 12.9. The van der Waals surface area contributed by atoms with Crippen LogP contribution in [0.2, 0.25) is 0 Å².